The molecule has 0 aromatic heterocycles. The van der Waals surface area contributed by atoms with Crippen LogP contribution in [0.4, 0.5) is 4.39 Å². The minimum Gasteiger partial charge on any atom is -0.335 e. The van der Waals surface area contributed by atoms with E-state index in [1.54, 1.807) is 6.20 Å². The van der Waals surface area contributed by atoms with E-state index < -0.39 is 6.42 Å². The van der Waals surface area contributed by atoms with Gasteiger partial charge in [-0.1, -0.05) is 0 Å². The topological polar surface area (TPSA) is 24.4 Å². The molecule has 8 heavy (non-hydrogen) atoms. The Bertz CT molecular complexity index is 139. The number of hydrogen-bond donors (Lipinski definition) is 1. The minimum absolute atomic E-state index is 0.546. The Morgan fingerprint density at radius 1 is 1.75 bits per heavy atom. The van der Waals surface area contributed by atoms with E-state index in [1.165, 1.54) is 6.21 Å². The fourth-order valence-electron chi connectivity index (χ4n) is 0.406. The van der Waals surface area contributed by atoms with Gasteiger partial charge in [0, 0.05) is 12.4 Å². The number of hydrogen-bond acceptors (Lipinski definition) is 2. The lowest BCUT2D eigenvalue weighted by Crippen LogP contribution is -2.12. The largest absolute Gasteiger partial charge is 0.349 e. The molecule has 0 fully saturated rings. The number of aliphatic imine (C=N–C) groups is 1. The predicted molar refractivity (Wildman–Crippen MR) is 29.7 cm³/mol. The van der Waals surface area contributed by atoms with E-state index in [-0.39, 0.29) is 0 Å². The molecule has 1 aliphatic heterocycles. The van der Waals surface area contributed by atoms with Gasteiger partial charge in [-0.05, 0) is 12.5 Å². The van der Waals surface area contributed by atoms with Crippen LogP contribution in [0.3, 0.4) is 0 Å². The van der Waals surface area contributed by atoms with Crippen molar-refractivity contribution in [3.63, 3.8) is 0 Å². The van der Waals surface area contributed by atoms with Crippen LogP contribution >= 0.6 is 0 Å². The molecule has 2 nitrogen and oxygen atoms in total. The highest BCUT2D eigenvalue weighted by atomic mass is 19.1. The lowest BCUT2D eigenvalue weighted by molar-refractivity contribution is 0.449. The molecular formula is C5H6FN2. The number of rotatable bonds is 0. The molecular weight excluding hydrogens is 107 g/mol. The summed E-state index contributed by atoms with van der Waals surface area (Å²) in [5, 5.41) is 2.32. The lowest BCUT2D eigenvalue weighted by Gasteiger charge is -2.04. The van der Waals surface area contributed by atoms with E-state index in [4.69, 9.17) is 0 Å². The van der Waals surface area contributed by atoms with Gasteiger partial charge >= 0.3 is 6.42 Å². The molecule has 0 unspecified atom stereocenters. The van der Waals surface area contributed by atoms with E-state index in [0.717, 1.165) is 5.57 Å². The zero-order valence-corrected chi connectivity index (χ0v) is 4.48. The van der Waals surface area contributed by atoms with Crippen molar-refractivity contribution >= 4 is 6.21 Å². The fraction of sp³-hybridized carbons (Fsp3) is 0.200. The maximum atomic E-state index is 11.9. The van der Waals surface area contributed by atoms with Crippen LogP contribution in [0.2, 0.25) is 0 Å². The highest BCUT2D eigenvalue weighted by Gasteiger charge is 2.03. The van der Waals surface area contributed by atoms with Crippen molar-refractivity contribution in [1.82, 2.24) is 5.32 Å². The quantitative estimate of drug-likeness (QED) is 0.465. The van der Waals surface area contributed by atoms with Crippen LogP contribution in [0, 0.1) is 6.42 Å². The first-order valence-electron chi connectivity index (χ1n) is 2.29. The highest BCUT2D eigenvalue weighted by molar-refractivity contribution is 5.78. The fourth-order valence-corrected chi connectivity index (χ4v) is 0.406. The predicted octanol–water partition coefficient (Wildman–Crippen LogP) is 0.981. The van der Waals surface area contributed by atoms with Crippen molar-refractivity contribution in [3.8, 4) is 0 Å². The molecule has 1 radical (unpaired) electrons. The standard InChI is InChI=1S/C5H6FN2/c1-4-2-7-5(6)8-3-4/h2-3,7H,1H3. The summed E-state index contributed by atoms with van der Waals surface area (Å²) in [6.07, 6.45) is 2.48. The molecule has 1 heterocycles. The Labute approximate surface area is 47.1 Å². The summed E-state index contributed by atoms with van der Waals surface area (Å²) in [5.41, 5.74) is 0.923. The lowest BCUT2D eigenvalue weighted by atomic mass is 10.3. The van der Waals surface area contributed by atoms with Gasteiger partial charge in [0.1, 0.15) is 0 Å². The summed E-state index contributed by atoms with van der Waals surface area (Å²) in [7, 11) is 0. The molecule has 3 heteroatoms. The molecule has 0 aliphatic carbocycles. The molecule has 1 N–H and O–H groups in total. The van der Waals surface area contributed by atoms with E-state index >= 15 is 0 Å². The molecule has 43 valence electrons. The molecule has 0 aromatic carbocycles. The highest BCUT2D eigenvalue weighted by Crippen LogP contribution is 2.03. The van der Waals surface area contributed by atoms with Crippen molar-refractivity contribution in [1.29, 1.82) is 0 Å². The third-order valence-corrected chi connectivity index (χ3v) is 0.800. The van der Waals surface area contributed by atoms with Gasteiger partial charge in [0.2, 0.25) is 0 Å². The van der Waals surface area contributed by atoms with Crippen LogP contribution in [0.5, 0.6) is 0 Å². The van der Waals surface area contributed by atoms with E-state index in [2.05, 4.69) is 10.3 Å². The summed E-state index contributed by atoms with van der Waals surface area (Å²) in [6.45, 7) is 1.84. The molecule has 0 saturated carbocycles. The Balaban J connectivity index is 2.58. The van der Waals surface area contributed by atoms with Gasteiger partial charge in [0.15, 0.2) is 0 Å². The van der Waals surface area contributed by atoms with Crippen LogP contribution in [-0.4, -0.2) is 6.21 Å². The van der Waals surface area contributed by atoms with Crippen LogP contribution in [0.1, 0.15) is 6.92 Å². The van der Waals surface area contributed by atoms with Gasteiger partial charge in [-0.15, -0.1) is 0 Å². The smallest absolute Gasteiger partial charge is 0.335 e. The molecule has 0 aromatic rings. The van der Waals surface area contributed by atoms with Crippen LogP contribution < -0.4 is 5.32 Å². The average Bonchev–Trinajstić information content (AvgIpc) is 1.77. The third kappa shape index (κ3) is 1.05. The van der Waals surface area contributed by atoms with Crippen LogP contribution in [-0.2, 0) is 0 Å². The maximum Gasteiger partial charge on any atom is 0.349 e. The Morgan fingerprint density at radius 2 is 2.50 bits per heavy atom. The maximum absolute atomic E-state index is 11.9. The van der Waals surface area contributed by atoms with Gasteiger partial charge in [-0.3, -0.25) is 0 Å². The SMILES string of the molecule is CC1=CN[C](F)N=C1. The molecule has 0 saturated heterocycles. The van der Waals surface area contributed by atoms with Gasteiger partial charge in [-0.25, -0.2) is 4.99 Å². The summed E-state index contributed by atoms with van der Waals surface area (Å²) < 4.78 is 11.9. The molecule has 0 atom stereocenters. The van der Waals surface area contributed by atoms with Crippen LogP contribution in [0.15, 0.2) is 16.8 Å². The average molecular weight is 113 g/mol. The first-order valence-corrected chi connectivity index (χ1v) is 2.29. The van der Waals surface area contributed by atoms with Gasteiger partial charge in [0.25, 0.3) is 0 Å². The molecule has 0 bridgehead atoms. The minimum atomic E-state index is -0.546. The van der Waals surface area contributed by atoms with Gasteiger partial charge < -0.3 is 5.32 Å². The third-order valence-electron chi connectivity index (χ3n) is 0.800. The normalized spacial score (nSPS) is 20.0. The first kappa shape index (κ1) is 5.28. The van der Waals surface area contributed by atoms with E-state index in [9.17, 15) is 4.39 Å². The van der Waals surface area contributed by atoms with Crippen molar-refractivity contribution in [3.05, 3.63) is 18.2 Å². The number of halogens is 1. The van der Waals surface area contributed by atoms with E-state index in [0.29, 0.717) is 0 Å². The second-order valence-electron chi connectivity index (χ2n) is 1.58. The first-order chi connectivity index (χ1) is 3.79. The second-order valence-corrected chi connectivity index (χ2v) is 1.58. The monoisotopic (exact) mass is 113 g/mol. The van der Waals surface area contributed by atoms with E-state index in [1.807, 2.05) is 6.92 Å². The molecule has 1 rings (SSSR count). The second kappa shape index (κ2) is 1.94. The van der Waals surface area contributed by atoms with Gasteiger partial charge in [-0.2, -0.15) is 4.39 Å². The van der Waals surface area contributed by atoms with Crippen molar-refractivity contribution in [2.24, 2.45) is 4.99 Å². The Hall–Kier alpha value is -0.860. The zero-order chi connectivity index (χ0) is 5.98. The zero-order valence-electron chi connectivity index (χ0n) is 4.48. The van der Waals surface area contributed by atoms with Gasteiger partial charge in [0.05, 0.1) is 0 Å². The van der Waals surface area contributed by atoms with Crippen molar-refractivity contribution < 1.29 is 4.39 Å². The van der Waals surface area contributed by atoms with Crippen LogP contribution in [0.25, 0.3) is 0 Å². The molecule has 0 spiro atoms. The number of nitrogens with zero attached hydrogens (tertiary/aromatic N) is 1. The molecule has 1 aliphatic rings. The summed E-state index contributed by atoms with van der Waals surface area (Å²) >= 11 is 0. The van der Waals surface area contributed by atoms with Crippen molar-refractivity contribution in [2.75, 3.05) is 0 Å². The number of nitrogens with one attached hydrogen (secondary N) is 1. The summed E-state index contributed by atoms with van der Waals surface area (Å²) in [4.78, 5) is 3.36. The Kier molecular flexibility index (Phi) is 1.28. The Morgan fingerprint density at radius 3 is 2.88 bits per heavy atom. The number of allylic oxidation sites excluding steroid dienone is 1. The summed E-state index contributed by atoms with van der Waals surface area (Å²) in [6, 6.07) is 0. The summed E-state index contributed by atoms with van der Waals surface area (Å²) in [5.74, 6) is 0. The van der Waals surface area contributed by atoms with Crippen molar-refractivity contribution in [2.45, 2.75) is 6.92 Å². The molecule has 0 amide bonds.